The van der Waals surface area contributed by atoms with E-state index in [9.17, 15) is 4.79 Å². The first kappa shape index (κ1) is 21.9. The number of carbonyl (C=O) groups is 1. The van der Waals surface area contributed by atoms with Gasteiger partial charge in [-0.15, -0.1) is 0 Å². The summed E-state index contributed by atoms with van der Waals surface area (Å²) >= 11 is 0. The van der Waals surface area contributed by atoms with Crippen LogP contribution in [0, 0.1) is 6.92 Å². The molecule has 4 rings (SSSR count). The molecule has 0 unspecified atom stereocenters. The second-order valence-electron chi connectivity index (χ2n) is 9.26. The van der Waals surface area contributed by atoms with E-state index in [0.717, 1.165) is 48.7 Å². The molecule has 2 aromatic rings. The van der Waals surface area contributed by atoms with Crippen molar-refractivity contribution in [2.24, 2.45) is 0 Å². The van der Waals surface area contributed by atoms with Gasteiger partial charge in [-0.05, 0) is 70.4 Å². The van der Waals surface area contributed by atoms with Crippen molar-refractivity contribution in [3.8, 4) is 0 Å². The molecule has 0 aliphatic carbocycles. The van der Waals surface area contributed by atoms with E-state index in [0.29, 0.717) is 5.56 Å². The zero-order valence-electron chi connectivity index (χ0n) is 19.0. The quantitative estimate of drug-likeness (QED) is 0.766. The molecule has 2 fully saturated rings. The summed E-state index contributed by atoms with van der Waals surface area (Å²) in [6.07, 6.45) is 0. The van der Waals surface area contributed by atoms with Crippen LogP contribution in [0.25, 0.3) is 0 Å². The topological polar surface area (TPSA) is 60.0 Å². The molecule has 0 bridgehead atoms. The fourth-order valence-corrected chi connectivity index (χ4v) is 3.81. The van der Waals surface area contributed by atoms with Crippen LogP contribution in [0.2, 0.25) is 0 Å². The minimum atomic E-state index is -0.498. The van der Waals surface area contributed by atoms with Gasteiger partial charge in [-0.2, -0.15) is 0 Å². The van der Waals surface area contributed by atoms with Gasteiger partial charge in [0.05, 0.1) is 24.4 Å². The molecule has 2 aliphatic rings. The summed E-state index contributed by atoms with van der Waals surface area (Å²) in [5.41, 5.74) is 3.49. The average molecular weight is 422 g/mol. The van der Waals surface area contributed by atoms with Gasteiger partial charge in [0.1, 0.15) is 0 Å². The number of hydrogen-bond donors (Lipinski definition) is 1. The molecule has 1 N–H and O–H groups in total. The molecule has 6 nitrogen and oxygen atoms in total. The first-order valence-electron chi connectivity index (χ1n) is 10.9. The Bertz CT molecular complexity index is 954. The molecule has 164 valence electrons. The van der Waals surface area contributed by atoms with Crippen LogP contribution in [-0.2, 0) is 14.0 Å². The second kappa shape index (κ2) is 8.30. The summed E-state index contributed by atoms with van der Waals surface area (Å²) in [7, 11) is -0.498. The number of nitrogens with one attached hydrogen (secondary N) is 1. The van der Waals surface area contributed by atoms with Crippen molar-refractivity contribution >= 4 is 29.9 Å². The van der Waals surface area contributed by atoms with Crippen molar-refractivity contribution in [3.63, 3.8) is 0 Å². The Morgan fingerprint density at radius 1 is 1.00 bits per heavy atom. The van der Waals surface area contributed by atoms with E-state index in [2.05, 4.69) is 16.3 Å². The van der Waals surface area contributed by atoms with Gasteiger partial charge in [0.25, 0.3) is 5.91 Å². The van der Waals surface area contributed by atoms with Crippen LogP contribution >= 0.6 is 0 Å². The number of amides is 1. The molecule has 2 heterocycles. The predicted molar refractivity (Wildman–Crippen MR) is 124 cm³/mol. The van der Waals surface area contributed by atoms with Crippen molar-refractivity contribution in [2.45, 2.75) is 45.8 Å². The highest BCUT2D eigenvalue weighted by molar-refractivity contribution is 6.62. The van der Waals surface area contributed by atoms with E-state index in [1.807, 2.05) is 71.0 Å². The van der Waals surface area contributed by atoms with Crippen LogP contribution in [0.1, 0.15) is 43.6 Å². The number of benzene rings is 2. The Morgan fingerprint density at radius 2 is 1.68 bits per heavy atom. The summed E-state index contributed by atoms with van der Waals surface area (Å²) in [4.78, 5) is 15.3. The summed E-state index contributed by atoms with van der Waals surface area (Å²) in [6, 6.07) is 13.6. The number of aryl methyl sites for hydroxylation is 1. The highest BCUT2D eigenvalue weighted by atomic mass is 16.7. The Hall–Kier alpha value is -2.35. The summed E-state index contributed by atoms with van der Waals surface area (Å²) in [6.45, 7) is 13.3. The molecular weight excluding hydrogens is 391 g/mol. The van der Waals surface area contributed by atoms with Crippen molar-refractivity contribution in [3.05, 3.63) is 53.6 Å². The van der Waals surface area contributed by atoms with E-state index < -0.39 is 18.3 Å². The third-order valence-electron chi connectivity index (χ3n) is 6.53. The summed E-state index contributed by atoms with van der Waals surface area (Å²) < 4.78 is 17.8. The molecule has 0 saturated carbocycles. The summed E-state index contributed by atoms with van der Waals surface area (Å²) in [5.74, 6) is -0.156. The van der Waals surface area contributed by atoms with Crippen molar-refractivity contribution in [2.75, 3.05) is 36.5 Å². The number of ether oxygens (including phenoxy) is 1. The maximum atomic E-state index is 13.0. The lowest BCUT2D eigenvalue weighted by atomic mass is 9.75. The van der Waals surface area contributed by atoms with Crippen LogP contribution in [-0.4, -0.2) is 50.5 Å². The fraction of sp³-hybridized carbons (Fsp3) is 0.458. The number of hydrogen-bond acceptors (Lipinski definition) is 5. The van der Waals surface area contributed by atoms with E-state index >= 15 is 0 Å². The molecule has 0 aromatic heterocycles. The third kappa shape index (κ3) is 4.49. The van der Waals surface area contributed by atoms with E-state index in [1.165, 1.54) is 0 Å². The van der Waals surface area contributed by atoms with Gasteiger partial charge >= 0.3 is 7.12 Å². The van der Waals surface area contributed by atoms with Gasteiger partial charge in [0, 0.05) is 30.0 Å². The molecule has 1 amide bonds. The molecule has 0 atom stereocenters. The average Bonchev–Trinajstić information content (AvgIpc) is 2.96. The molecule has 2 saturated heterocycles. The van der Waals surface area contributed by atoms with Gasteiger partial charge in [0.2, 0.25) is 0 Å². The van der Waals surface area contributed by atoms with Crippen LogP contribution in [0.3, 0.4) is 0 Å². The molecular formula is C24H31BN2O4. The summed E-state index contributed by atoms with van der Waals surface area (Å²) in [5, 5.41) is 3.03. The minimum absolute atomic E-state index is 0.156. The first-order chi connectivity index (χ1) is 14.7. The Labute approximate surface area is 185 Å². The number of rotatable bonds is 4. The fourth-order valence-electron chi connectivity index (χ4n) is 3.81. The van der Waals surface area contributed by atoms with Gasteiger partial charge in [0.15, 0.2) is 0 Å². The largest absolute Gasteiger partial charge is 0.495 e. The highest BCUT2D eigenvalue weighted by Gasteiger charge is 2.52. The van der Waals surface area contributed by atoms with Gasteiger partial charge in [-0.1, -0.05) is 17.7 Å². The molecule has 0 radical (unpaired) electrons. The first-order valence-corrected chi connectivity index (χ1v) is 10.9. The number of anilines is 2. The second-order valence-corrected chi connectivity index (χ2v) is 9.26. The normalized spacial score (nSPS) is 20.0. The monoisotopic (exact) mass is 422 g/mol. The zero-order valence-corrected chi connectivity index (χ0v) is 19.0. The SMILES string of the molecule is Cc1ccc(C(=O)Nc2cccc(N3CCOCC3)c2)cc1B1OC(C)(C)C(C)(C)O1. The van der Waals surface area contributed by atoms with Gasteiger partial charge < -0.3 is 24.3 Å². The lowest BCUT2D eigenvalue weighted by Crippen LogP contribution is -2.41. The zero-order chi connectivity index (χ0) is 22.2. The lowest BCUT2D eigenvalue weighted by Gasteiger charge is -2.32. The van der Waals surface area contributed by atoms with Gasteiger partial charge in [-0.25, -0.2) is 0 Å². The third-order valence-corrected chi connectivity index (χ3v) is 6.53. The van der Waals surface area contributed by atoms with Crippen molar-refractivity contribution < 1.29 is 18.8 Å². The molecule has 2 aliphatic heterocycles. The van der Waals surface area contributed by atoms with E-state index in [1.54, 1.807) is 0 Å². The standard InChI is InChI=1S/C24H31BN2O4/c1-17-9-10-18(15-21(17)25-30-23(2,3)24(4,5)31-25)22(28)26-19-7-6-8-20(16-19)27-11-13-29-14-12-27/h6-10,15-16H,11-14H2,1-5H3,(H,26,28). The van der Waals surface area contributed by atoms with Crippen LogP contribution in [0.15, 0.2) is 42.5 Å². The lowest BCUT2D eigenvalue weighted by molar-refractivity contribution is 0.00578. The van der Waals surface area contributed by atoms with E-state index in [4.69, 9.17) is 14.0 Å². The van der Waals surface area contributed by atoms with E-state index in [-0.39, 0.29) is 5.91 Å². The maximum Gasteiger partial charge on any atom is 0.495 e. The predicted octanol–water partition coefficient (Wildman–Crippen LogP) is 3.38. The Balaban J connectivity index is 1.52. The molecule has 7 heteroatoms. The van der Waals surface area contributed by atoms with Crippen molar-refractivity contribution in [1.29, 1.82) is 0 Å². The van der Waals surface area contributed by atoms with Crippen LogP contribution in [0.5, 0.6) is 0 Å². The molecule has 2 aromatic carbocycles. The highest BCUT2D eigenvalue weighted by Crippen LogP contribution is 2.36. The smallest absolute Gasteiger partial charge is 0.399 e. The maximum absolute atomic E-state index is 13.0. The van der Waals surface area contributed by atoms with Crippen LogP contribution < -0.4 is 15.7 Å². The molecule has 0 spiro atoms. The Kier molecular flexibility index (Phi) is 5.86. The molecule has 31 heavy (non-hydrogen) atoms. The number of carbonyl (C=O) groups excluding carboxylic acids is 1. The minimum Gasteiger partial charge on any atom is -0.399 e. The van der Waals surface area contributed by atoms with Crippen molar-refractivity contribution in [1.82, 2.24) is 0 Å². The Morgan fingerprint density at radius 3 is 2.35 bits per heavy atom. The number of nitrogens with zero attached hydrogens (tertiary/aromatic N) is 1. The van der Waals surface area contributed by atoms with Crippen LogP contribution in [0.4, 0.5) is 11.4 Å². The number of morpholine rings is 1. The van der Waals surface area contributed by atoms with Gasteiger partial charge in [-0.3, -0.25) is 4.79 Å².